The summed E-state index contributed by atoms with van der Waals surface area (Å²) in [6.45, 7) is 4.51. The number of benzene rings is 1. The third-order valence-electron chi connectivity index (χ3n) is 4.33. The van der Waals surface area contributed by atoms with Crippen molar-refractivity contribution in [1.29, 1.82) is 0 Å². The van der Waals surface area contributed by atoms with Crippen LogP contribution in [0.1, 0.15) is 33.1 Å². The summed E-state index contributed by atoms with van der Waals surface area (Å²) in [5.41, 5.74) is 3.27. The Hall–Kier alpha value is -1.82. The van der Waals surface area contributed by atoms with Crippen LogP contribution in [0.3, 0.4) is 0 Å². The molecule has 0 amide bonds. The fourth-order valence-corrected chi connectivity index (χ4v) is 2.87. The van der Waals surface area contributed by atoms with Gasteiger partial charge in [0.05, 0.1) is 4.92 Å². The average molecular weight is 278 g/mol. The van der Waals surface area contributed by atoms with Crippen molar-refractivity contribution in [3.8, 4) is 0 Å². The molecule has 4 N–H and O–H groups in total. The van der Waals surface area contributed by atoms with Crippen molar-refractivity contribution in [2.75, 3.05) is 10.7 Å². The summed E-state index contributed by atoms with van der Waals surface area (Å²) >= 11 is 0. The zero-order valence-electron chi connectivity index (χ0n) is 11.9. The van der Waals surface area contributed by atoms with Crippen LogP contribution in [-0.2, 0) is 0 Å². The molecule has 1 aliphatic rings. The van der Waals surface area contributed by atoms with Crippen molar-refractivity contribution in [3.63, 3.8) is 0 Å². The summed E-state index contributed by atoms with van der Waals surface area (Å²) in [7, 11) is 0. The van der Waals surface area contributed by atoms with Gasteiger partial charge in [-0.25, -0.2) is 0 Å². The number of nitrogens with one attached hydrogen (secondary N) is 2. The van der Waals surface area contributed by atoms with E-state index in [4.69, 9.17) is 5.84 Å². The fourth-order valence-electron chi connectivity index (χ4n) is 2.87. The standard InChI is InChI=1S/C14H22N4O2/c1-9-6-7-11(8-10(9)2)16-12-4-3-5-13(17-15)14(12)18(19)20/h3-5,9-11,16-17H,6-8,15H2,1-2H3. The average Bonchev–Trinajstić information content (AvgIpc) is 2.42. The predicted molar refractivity (Wildman–Crippen MR) is 80.5 cm³/mol. The molecular formula is C14H22N4O2. The Kier molecular flexibility index (Phi) is 4.44. The van der Waals surface area contributed by atoms with Crippen molar-refractivity contribution < 1.29 is 4.92 Å². The molecule has 3 atom stereocenters. The van der Waals surface area contributed by atoms with Crippen molar-refractivity contribution in [3.05, 3.63) is 28.3 Å². The molecule has 6 nitrogen and oxygen atoms in total. The molecule has 20 heavy (non-hydrogen) atoms. The first-order valence-corrected chi connectivity index (χ1v) is 7.03. The summed E-state index contributed by atoms with van der Waals surface area (Å²) < 4.78 is 0. The van der Waals surface area contributed by atoms with Crippen molar-refractivity contribution in [1.82, 2.24) is 0 Å². The van der Waals surface area contributed by atoms with E-state index in [0.29, 0.717) is 17.3 Å². The lowest BCUT2D eigenvalue weighted by Gasteiger charge is -2.33. The zero-order chi connectivity index (χ0) is 14.7. The van der Waals surface area contributed by atoms with Crippen LogP contribution in [0.5, 0.6) is 0 Å². The van der Waals surface area contributed by atoms with E-state index >= 15 is 0 Å². The molecule has 1 saturated carbocycles. The SMILES string of the molecule is CC1CCC(Nc2cccc(NN)c2[N+](=O)[O-])CC1C. The first-order chi connectivity index (χ1) is 9.52. The highest BCUT2D eigenvalue weighted by Gasteiger charge is 2.27. The van der Waals surface area contributed by atoms with Gasteiger partial charge in [0.25, 0.3) is 0 Å². The zero-order valence-corrected chi connectivity index (χ0v) is 11.9. The van der Waals surface area contributed by atoms with Crippen LogP contribution < -0.4 is 16.6 Å². The van der Waals surface area contributed by atoms with Gasteiger partial charge >= 0.3 is 5.69 Å². The van der Waals surface area contributed by atoms with Gasteiger partial charge in [-0.1, -0.05) is 19.9 Å². The smallest absolute Gasteiger partial charge is 0.316 e. The molecule has 110 valence electrons. The van der Waals surface area contributed by atoms with Gasteiger partial charge in [-0.3, -0.25) is 16.0 Å². The molecule has 0 radical (unpaired) electrons. The third kappa shape index (κ3) is 3.01. The maximum Gasteiger partial charge on any atom is 0.316 e. The van der Waals surface area contributed by atoms with Crippen molar-refractivity contribution in [2.24, 2.45) is 17.7 Å². The minimum atomic E-state index is -0.396. The number of para-hydroxylation sites is 1. The molecule has 1 aliphatic carbocycles. The number of nitrogen functional groups attached to an aromatic ring is 1. The fraction of sp³-hybridized carbons (Fsp3) is 0.571. The highest BCUT2D eigenvalue weighted by molar-refractivity contribution is 5.76. The number of hydrazine groups is 1. The minimum Gasteiger partial charge on any atom is -0.377 e. The van der Waals surface area contributed by atoms with Gasteiger partial charge in [0.2, 0.25) is 0 Å². The highest BCUT2D eigenvalue weighted by Crippen LogP contribution is 2.36. The lowest BCUT2D eigenvalue weighted by molar-refractivity contribution is -0.383. The Bertz CT molecular complexity index is 492. The van der Waals surface area contributed by atoms with Crippen LogP contribution >= 0.6 is 0 Å². The number of hydrogen-bond acceptors (Lipinski definition) is 5. The number of hydrogen-bond donors (Lipinski definition) is 3. The molecule has 2 rings (SSSR count). The number of anilines is 2. The summed E-state index contributed by atoms with van der Waals surface area (Å²) in [5, 5.41) is 14.5. The van der Waals surface area contributed by atoms with Gasteiger partial charge in [0.1, 0.15) is 11.4 Å². The normalized spacial score (nSPS) is 26.1. The Morgan fingerprint density at radius 1 is 1.25 bits per heavy atom. The molecule has 6 heteroatoms. The largest absolute Gasteiger partial charge is 0.377 e. The van der Waals surface area contributed by atoms with Gasteiger partial charge in [-0.2, -0.15) is 0 Å². The van der Waals surface area contributed by atoms with Crippen LogP contribution in [0.2, 0.25) is 0 Å². The molecule has 1 aromatic carbocycles. The topological polar surface area (TPSA) is 93.2 Å². The van der Waals surface area contributed by atoms with Gasteiger partial charge in [-0.15, -0.1) is 0 Å². The Labute approximate surface area is 118 Å². The van der Waals surface area contributed by atoms with Gasteiger partial charge < -0.3 is 10.7 Å². The van der Waals surface area contributed by atoms with E-state index in [1.165, 1.54) is 0 Å². The van der Waals surface area contributed by atoms with E-state index < -0.39 is 4.92 Å². The van der Waals surface area contributed by atoms with E-state index in [9.17, 15) is 10.1 Å². The van der Waals surface area contributed by atoms with Crippen LogP contribution in [0.25, 0.3) is 0 Å². The number of nitro groups is 1. The molecule has 0 aliphatic heterocycles. The monoisotopic (exact) mass is 278 g/mol. The molecule has 0 spiro atoms. The number of rotatable bonds is 4. The van der Waals surface area contributed by atoms with E-state index in [1.807, 2.05) is 0 Å². The van der Waals surface area contributed by atoms with Crippen LogP contribution in [0.4, 0.5) is 17.1 Å². The molecular weight excluding hydrogens is 256 g/mol. The molecule has 0 aromatic heterocycles. The first kappa shape index (κ1) is 14.6. The minimum absolute atomic E-state index is 0.0151. The van der Waals surface area contributed by atoms with Gasteiger partial charge in [0, 0.05) is 6.04 Å². The molecule has 3 unspecified atom stereocenters. The summed E-state index contributed by atoms with van der Waals surface area (Å²) in [6.07, 6.45) is 3.24. The van der Waals surface area contributed by atoms with E-state index in [2.05, 4.69) is 24.6 Å². The summed E-state index contributed by atoms with van der Waals surface area (Å²) in [5.74, 6) is 6.71. The number of nitrogens with zero attached hydrogens (tertiary/aromatic N) is 1. The van der Waals surface area contributed by atoms with Gasteiger partial charge in [0.15, 0.2) is 0 Å². The van der Waals surface area contributed by atoms with Crippen molar-refractivity contribution >= 4 is 17.1 Å². The maximum absolute atomic E-state index is 11.2. The molecule has 1 fully saturated rings. The molecule has 0 bridgehead atoms. The first-order valence-electron chi connectivity index (χ1n) is 7.03. The molecule has 0 saturated heterocycles. The van der Waals surface area contributed by atoms with E-state index in [-0.39, 0.29) is 11.7 Å². The van der Waals surface area contributed by atoms with Gasteiger partial charge in [-0.05, 0) is 43.2 Å². The number of nitro benzene ring substituents is 1. The number of nitrogens with two attached hydrogens (primary N) is 1. The van der Waals surface area contributed by atoms with E-state index in [0.717, 1.165) is 25.2 Å². The predicted octanol–water partition coefficient (Wildman–Crippen LogP) is 3.12. The Morgan fingerprint density at radius 2 is 1.95 bits per heavy atom. The summed E-state index contributed by atoms with van der Waals surface area (Å²) in [6, 6.07) is 5.39. The lowest BCUT2D eigenvalue weighted by atomic mass is 9.79. The highest BCUT2D eigenvalue weighted by atomic mass is 16.6. The molecule has 0 heterocycles. The second-order valence-corrected chi connectivity index (χ2v) is 5.71. The van der Waals surface area contributed by atoms with Crippen molar-refractivity contribution in [2.45, 2.75) is 39.2 Å². The second kappa shape index (κ2) is 6.09. The summed E-state index contributed by atoms with van der Waals surface area (Å²) in [4.78, 5) is 10.8. The van der Waals surface area contributed by atoms with Crippen LogP contribution in [0.15, 0.2) is 18.2 Å². The Morgan fingerprint density at radius 3 is 2.55 bits per heavy atom. The lowest BCUT2D eigenvalue weighted by Crippen LogP contribution is -2.30. The van der Waals surface area contributed by atoms with Crippen LogP contribution in [-0.4, -0.2) is 11.0 Å². The van der Waals surface area contributed by atoms with Crippen LogP contribution in [0, 0.1) is 22.0 Å². The second-order valence-electron chi connectivity index (χ2n) is 5.71. The quantitative estimate of drug-likeness (QED) is 0.447. The Balaban J connectivity index is 2.19. The maximum atomic E-state index is 11.2. The molecule has 1 aromatic rings. The van der Waals surface area contributed by atoms with E-state index in [1.54, 1.807) is 18.2 Å². The third-order valence-corrected chi connectivity index (χ3v) is 4.33.